The van der Waals surface area contributed by atoms with E-state index in [9.17, 15) is 14.0 Å². The maximum Gasteiger partial charge on any atom is 0.342 e. The van der Waals surface area contributed by atoms with Crippen LogP contribution in [-0.4, -0.2) is 57.7 Å². The van der Waals surface area contributed by atoms with Crippen LogP contribution >= 0.6 is 0 Å². The molecule has 164 valence electrons. The zero-order valence-electron chi connectivity index (χ0n) is 17.3. The van der Waals surface area contributed by atoms with E-state index < -0.39 is 0 Å². The van der Waals surface area contributed by atoms with E-state index in [1.54, 1.807) is 18.3 Å². The Hall–Kier alpha value is -4.34. The fraction of sp³-hybridized carbons (Fsp3) is 0.174. The molecule has 2 aromatic heterocycles. The minimum Gasteiger partial charge on any atom is -0.353 e. The molecule has 1 aliphatic carbocycles. The molecule has 3 aromatic rings. The number of nitrogens with one attached hydrogen (secondary N) is 2. The molecule has 10 heteroatoms. The van der Waals surface area contributed by atoms with Crippen LogP contribution in [0.25, 0.3) is 22.5 Å². The minimum atomic E-state index is -0.371. The first kappa shape index (κ1) is 19.4. The Morgan fingerprint density at radius 2 is 1.97 bits per heavy atom. The number of allylic oxidation sites excluding steroid dienone is 2. The third-order valence-corrected chi connectivity index (χ3v) is 5.86. The molecule has 0 bridgehead atoms. The van der Waals surface area contributed by atoms with Crippen molar-refractivity contribution < 1.29 is 14.0 Å². The third-order valence-electron chi connectivity index (χ3n) is 5.86. The van der Waals surface area contributed by atoms with Gasteiger partial charge in [0.15, 0.2) is 11.5 Å². The van der Waals surface area contributed by atoms with Crippen molar-refractivity contribution in [1.29, 1.82) is 0 Å². The SMILES string of the molecule is O=C1CN(c2nccn3c(C4=CC5NC(=O)N=C5C=C4)c(-c4ccc(F)cc4)nc23)CCN1. The second-order valence-corrected chi connectivity index (χ2v) is 7.95. The summed E-state index contributed by atoms with van der Waals surface area (Å²) in [6.45, 7) is 1.33. The Morgan fingerprint density at radius 1 is 1.12 bits per heavy atom. The van der Waals surface area contributed by atoms with Gasteiger partial charge in [0.1, 0.15) is 5.82 Å². The highest BCUT2D eigenvalue weighted by molar-refractivity contribution is 6.15. The normalized spacial score (nSPS) is 19.8. The number of aromatic nitrogens is 3. The predicted molar refractivity (Wildman–Crippen MR) is 120 cm³/mol. The number of aliphatic imine (C=N–C) groups is 1. The Labute approximate surface area is 187 Å². The highest BCUT2D eigenvalue weighted by atomic mass is 19.1. The molecule has 1 fully saturated rings. The number of urea groups is 1. The van der Waals surface area contributed by atoms with Crippen LogP contribution in [0.5, 0.6) is 0 Å². The second-order valence-electron chi connectivity index (χ2n) is 7.95. The Bertz CT molecular complexity index is 1400. The number of rotatable bonds is 3. The fourth-order valence-corrected chi connectivity index (χ4v) is 4.35. The summed E-state index contributed by atoms with van der Waals surface area (Å²) in [6.07, 6.45) is 9.10. The molecule has 0 saturated carbocycles. The lowest BCUT2D eigenvalue weighted by atomic mass is 9.96. The molecule has 2 aliphatic heterocycles. The summed E-state index contributed by atoms with van der Waals surface area (Å²) in [4.78, 5) is 39.0. The molecule has 4 heterocycles. The molecule has 33 heavy (non-hydrogen) atoms. The molecule has 0 spiro atoms. The van der Waals surface area contributed by atoms with E-state index in [2.05, 4.69) is 20.6 Å². The van der Waals surface area contributed by atoms with Gasteiger partial charge in [-0.15, -0.1) is 0 Å². The van der Waals surface area contributed by atoms with Crippen molar-refractivity contribution in [2.75, 3.05) is 24.5 Å². The van der Waals surface area contributed by atoms with Gasteiger partial charge in [-0.3, -0.25) is 9.20 Å². The van der Waals surface area contributed by atoms with E-state index in [0.29, 0.717) is 36.0 Å². The number of benzene rings is 1. The number of piperazine rings is 1. The van der Waals surface area contributed by atoms with Crippen molar-refractivity contribution in [3.63, 3.8) is 0 Å². The number of hydrogen-bond donors (Lipinski definition) is 2. The van der Waals surface area contributed by atoms with Crippen molar-refractivity contribution in [1.82, 2.24) is 25.0 Å². The summed E-state index contributed by atoms with van der Waals surface area (Å²) in [6, 6.07) is 5.45. The molecular weight excluding hydrogens is 425 g/mol. The van der Waals surface area contributed by atoms with Crippen LogP contribution in [0.2, 0.25) is 0 Å². The van der Waals surface area contributed by atoms with Gasteiger partial charge in [-0.1, -0.05) is 6.08 Å². The van der Waals surface area contributed by atoms with Crippen LogP contribution in [-0.2, 0) is 4.79 Å². The first-order valence-electron chi connectivity index (χ1n) is 10.5. The standard InChI is InChI=1S/C23H18FN7O2/c24-15-4-1-13(2-5-15)19-20(14-3-6-16-17(11-14)28-23(33)27-16)31-10-8-26-21(22(31)29-19)30-9-7-25-18(32)12-30/h1-6,8,10-11,17H,7,9,12H2,(H,25,32)(H,28,33). The third kappa shape index (κ3) is 3.27. The van der Waals surface area contributed by atoms with Crippen LogP contribution in [0.3, 0.4) is 0 Å². The average molecular weight is 443 g/mol. The fourth-order valence-electron chi connectivity index (χ4n) is 4.35. The summed E-state index contributed by atoms with van der Waals surface area (Å²) in [5, 5.41) is 5.64. The first-order valence-corrected chi connectivity index (χ1v) is 10.5. The number of anilines is 1. The number of hydrogen-bond acceptors (Lipinski definition) is 5. The highest BCUT2D eigenvalue weighted by Gasteiger charge is 2.29. The van der Waals surface area contributed by atoms with Gasteiger partial charge in [-0.25, -0.2) is 19.2 Å². The van der Waals surface area contributed by atoms with E-state index in [1.165, 1.54) is 12.1 Å². The van der Waals surface area contributed by atoms with Gasteiger partial charge < -0.3 is 15.5 Å². The molecular formula is C23H18FN7O2. The van der Waals surface area contributed by atoms with Crippen LogP contribution in [0, 0.1) is 5.82 Å². The van der Waals surface area contributed by atoms with Crippen LogP contribution in [0.15, 0.2) is 59.9 Å². The van der Waals surface area contributed by atoms with E-state index >= 15 is 0 Å². The zero-order valence-corrected chi connectivity index (χ0v) is 17.3. The molecule has 3 aliphatic rings. The lowest BCUT2D eigenvalue weighted by Crippen LogP contribution is -2.48. The van der Waals surface area contributed by atoms with Gasteiger partial charge in [-0.2, -0.15) is 4.99 Å². The lowest BCUT2D eigenvalue weighted by molar-refractivity contribution is -0.120. The van der Waals surface area contributed by atoms with Crippen LogP contribution in [0.4, 0.5) is 15.0 Å². The largest absolute Gasteiger partial charge is 0.353 e. The number of carbonyl (C=O) groups is 2. The van der Waals surface area contributed by atoms with Crippen molar-refractivity contribution in [3.05, 3.63) is 66.4 Å². The number of carbonyl (C=O) groups excluding carboxylic acids is 2. The highest BCUT2D eigenvalue weighted by Crippen LogP contribution is 2.34. The van der Waals surface area contributed by atoms with Gasteiger partial charge >= 0.3 is 6.03 Å². The van der Waals surface area contributed by atoms with Crippen LogP contribution < -0.4 is 15.5 Å². The van der Waals surface area contributed by atoms with Gasteiger partial charge in [-0.05, 0) is 42.0 Å². The van der Waals surface area contributed by atoms with Gasteiger partial charge in [0.25, 0.3) is 0 Å². The van der Waals surface area contributed by atoms with Crippen molar-refractivity contribution in [3.8, 4) is 11.3 Å². The van der Waals surface area contributed by atoms with Gasteiger partial charge in [0.2, 0.25) is 5.91 Å². The zero-order chi connectivity index (χ0) is 22.5. The maximum absolute atomic E-state index is 13.6. The molecule has 1 aromatic carbocycles. The summed E-state index contributed by atoms with van der Waals surface area (Å²) in [7, 11) is 0. The smallest absolute Gasteiger partial charge is 0.342 e. The number of imidazole rings is 1. The summed E-state index contributed by atoms with van der Waals surface area (Å²) < 4.78 is 15.6. The number of amides is 3. The first-order chi connectivity index (χ1) is 16.1. The Morgan fingerprint density at radius 3 is 2.79 bits per heavy atom. The predicted octanol–water partition coefficient (Wildman–Crippen LogP) is 1.96. The maximum atomic E-state index is 13.6. The number of fused-ring (bicyclic) bond motifs is 2. The van der Waals surface area contributed by atoms with E-state index in [4.69, 9.17) is 4.98 Å². The van der Waals surface area contributed by atoms with E-state index in [0.717, 1.165) is 16.8 Å². The summed E-state index contributed by atoms with van der Waals surface area (Å²) in [5.41, 5.74) is 4.24. The van der Waals surface area contributed by atoms with Crippen molar-refractivity contribution in [2.24, 2.45) is 4.99 Å². The number of halogens is 1. The van der Waals surface area contributed by atoms with E-state index in [1.807, 2.05) is 33.7 Å². The van der Waals surface area contributed by atoms with Gasteiger partial charge in [0.05, 0.1) is 29.7 Å². The van der Waals surface area contributed by atoms with Gasteiger partial charge in [0, 0.05) is 31.0 Å². The van der Waals surface area contributed by atoms with Crippen molar-refractivity contribution >= 4 is 34.7 Å². The topological polar surface area (TPSA) is 104 Å². The van der Waals surface area contributed by atoms with Crippen molar-refractivity contribution in [2.45, 2.75) is 6.04 Å². The molecule has 2 N–H and O–H groups in total. The minimum absolute atomic E-state index is 0.0719. The van der Waals surface area contributed by atoms with E-state index in [-0.39, 0.29) is 30.3 Å². The van der Waals surface area contributed by atoms with Crippen LogP contribution in [0.1, 0.15) is 5.69 Å². The molecule has 1 unspecified atom stereocenters. The quantitative estimate of drug-likeness (QED) is 0.644. The number of nitrogens with zero attached hydrogens (tertiary/aromatic N) is 5. The molecule has 9 nitrogen and oxygen atoms in total. The average Bonchev–Trinajstić information content (AvgIpc) is 3.38. The molecule has 1 saturated heterocycles. The summed E-state index contributed by atoms with van der Waals surface area (Å²) >= 11 is 0. The molecule has 1 atom stereocenters. The molecule has 6 rings (SSSR count). The molecule has 3 amide bonds. The monoisotopic (exact) mass is 443 g/mol. The molecule has 0 radical (unpaired) electrons. The summed E-state index contributed by atoms with van der Waals surface area (Å²) in [5.74, 6) is 0.188. The second kappa shape index (κ2) is 7.37. The Balaban J connectivity index is 1.55. The Kier molecular flexibility index (Phi) is 4.32. The lowest BCUT2D eigenvalue weighted by Gasteiger charge is -2.27.